The second-order valence-electron chi connectivity index (χ2n) is 5.93. The number of hydrogen-bond acceptors (Lipinski definition) is 1. The largest absolute Gasteiger partial charge is 0.316 e. The highest BCUT2D eigenvalue weighted by Crippen LogP contribution is 2.33. The molecule has 0 saturated heterocycles. The fraction of sp³-hybridized carbons (Fsp3) is 0.647. The summed E-state index contributed by atoms with van der Waals surface area (Å²) in [7, 11) is 2.13. The van der Waals surface area contributed by atoms with E-state index < -0.39 is 0 Å². The molecule has 0 radical (unpaired) electrons. The van der Waals surface area contributed by atoms with Crippen LogP contribution in [0.15, 0.2) is 24.3 Å². The Kier molecular flexibility index (Phi) is 6.14. The van der Waals surface area contributed by atoms with Crippen molar-refractivity contribution < 1.29 is 0 Å². The lowest BCUT2D eigenvalue weighted by molar-refractivity contribution is 0.212. The van der Waals surface area contributed by atoms with Crippen LogP contribution in [0.3, 0.4) is 0 Å². The second kappa shape index (κ2) is 7.63. The van der Waals surface area contributed by atoms with E-state index in [0.29, 0.717) is 6.04 Å². The van der Waals surface area contributed by atoms with Crippen molar-refractivity contribution in [3.8, 4) is 0 Å². The molecule has 1 aromatic carbocycles. The zero-order valence-corrected chi connectivity index (χ0v) is 14.3. The van der Waals surface area contributed by atoms with E-state index in [4.69, 9.17) is 0 Å². The molecule has 1 aliphatic carbocycles. The van der Waals surface area contributed by atoms with E-state index in [-0.39, 0.29) is 0 Å². The first-order valence-corrected chi connectivity index (χ1v) is 8.72. The Morgan fingerprint density at radius 1 is 1.26 bits per heavy atom. The molecule has 106 valence electrons. The fourth-order valence-corrected chi connectivity index (χ4v) is 3.81. The lowest BCUT2D eigenvalue weighted by Gasteiger charge is -2.34. The molecule has 2 rings (SSSR count). The van der Waals surface area contributed by atoms with Crippen LogP contribution in [-0.2, 0) is 6.42 Å². The van der Waals surface area contributed by atoms with E-state index in [1.807, 2.05) is 0 Å². The van der Waals surface area contributed by atoms with E-state index in [1.54, 1.807) is 0 Å². The van der Waals surface area contributed by atoms with Gasteiger partial charge in [-0.15, -0.1) is 0 Å². The van der Waals surface area contributed by atoms with Crippen LogP contribution in [0.25, 0.3) is 0 Å². The topological polar surface area (TPSA) is 12.0 Å². The Morgan fingerprint density at radius 3 is 2.63 bits per heavy atom. The molecule has 19 heavy (non-hydrogen) atoms. The number of nitrogens with one attached hydrogen (secondary N) is 1. The van der Waals surface area contributed by atoms with E-state index in [2.05, 4.69) is 66.1 Å². The molecule has 1 fully saturated rings. The molecule has 0 aliphatic heterocycles. The third-order valence-electron chi connectivity index (χ3n) is 4.71. The van der Waals surface area contributed by atoms with Gasteiger partial charge in [-0.1, -0.05) is 38.3 Å². The SMILES string of the molecule is CCC1CCCC(C(Cc2ccc(I)cc2)NC)C1. The average Bonchev–Trinajstić information content (AvgIpc) is 2.46. The van der Waals surface area contributed by atoms with E-state index >= 15 is 0 Å². The lowest BCUT2D eigenvalue weighted by atomic mass is 9.75. The van der Waals surface area contributed by atoms with Crippen LogP contribution in [0, 0.1) is 15.4 Å². The van der Waals surface area contributed by atoms with E-state index in [1.165, 1.54) is 47.7 Å². The number of rotatable bonds is 5. The molecule has 0 aromatic heterocycles. The van der Waals surface area contributed by atoms with Gasteiger partial charge in [-0.05, 0) is 78.4 Å². The molecule has 0 amide bonds. The van der Waals surface area contributed by atoms with E-state index in [9.17, 15) is 0 Å². The Balaban J connectivity index is 1.97. The fourth-order valence-electron chi connectivity index (χ4n) is 3.45. The smallest absolute Gasteiger partial charge is 0.0133 e. The third-order valence-corrected chi connectivity index (χ3v) is 5.43. The second-order valence-corrected chi connectivity index (χ2v) is 7.17. The summed E-state index contributed by atoms with van der Waals surface area (Å²) < 4.78 is 1.33. The zero-order chi connectivity index (χ0) is 13.7. The van der Waals surface area contributed by atoms with Gasteiger partial charge < -0.3 is 5.32 Å². The molecular weight excluding hydrogens is 345 g/mol. The van der Waals surface area contributed by atoms with Crippen molar-refractivity contribution in [2.45, 2.75) is 51.5 Å². The minimum atomic E-state index is 0.648. The Labute approximate surface area is 131 Å². The van der Waals surface area contributed by atoms with E-state index in [0.717, 1.165) is 11.8 Å². The maximum absolute atomic E-state index is 3.58. The first-order chi connectivity index (χ1) is 9.22. The molecule has 0 bridgehead atoms. The summed E-state index contributed by atoms with van der Waals surface area (Å²) in [5, 5.41) is 3.58. The van der Waals surface area contributed by atoms with Crippen molar-refractivity contribution >= 4 is 22.6 Å². The van der Waals surface area contributed by atoms with Crippen LogP contribution < -0.4 is 5.32 Å². The Bertz CT molecular complexity index is 373. The highest BCUT2D eigenvalue weighted by molar-refractivity contribution is 14.1. The molecule has 0 heterocycles. The standard InChI is InChI=1S/C17H26IN/c1-3-13-5-4-6-15(11-13)17(19-2)12-14-7-9-16(18)10-8-14/h7-10,13,15,17,19H,3-6,11-12H2,1-2H3. The number of hydrogen-bond donors (Lipinski definition) is 1. The van der Waals surface area contributed by atoms with Gasteiger partial charge in [0.2, 0.25) is 0 Å². The summed E-state index contributed by atoms with van der Waals surface area (Å²) in [6, 6.07) is 9.66. The minimum absolute atomic E-state index is 0.648. The number of benzene rings is 1. The van der Waals surface area contributed by atoms with Crippen LogP contribution in [0.5, 0.6) is 0 Å². The molecule has 3 atom stereocenters. The van der Waals surface area contributed by atoms with Gasteiger partial charge in [0, 0.05) is 9.61 Å². The number of halogens is 1. The first-order valence-electron chi connectivity index (χ1n) is 7.64. The Hall–Kier alpha value is -0.0900. The van der Waals surface area contributed by atoms with Crippen molar-refractivity contribution in [3.05, 3.63) is 33.4 Å². The summed E-state index contributed by atoms with van der Waals surface area (Å²) in [6.07, 6.45) is 8.24. The van der Waals surface area contributed by atoms with Crippen molar-refractivity contribution in [2.75, 3.05) is 7.05 Å². The summed E-state index contributed by atoms with van der Waals surface area (Å²) in [5.74, 6) is 1.83. The molecule has 3 unspecified atom stereocenters. The van der Waals surface area contributed by atoms with Crippen LogP contribution >= 0.6 is 22.6 Å². The predicted octanol–water partition coefficient (Wildman–Crippen LogP) is 4.64. The number of likely N-dealkylation sites (N-methyl/N-ethyl adjacent to an activating group) is 1. The van der Waals surface area contributed by atoms with Crippen molar-refractivity contribution in [3.63, 3.8) is 0 Å². The monoisotopic (exact) mass is 371 g/mol. The van der Waals surface area contributed by atoms with Crippen LogP contribution in [0.1, 0.15) is 44.6 Å². The third kappa shape index (κ3) is 4.45. The van der Waals surface area contributed by atoms with Gasteiger partial charge in [0.1, 0.15) is 0 Å². The van der Waals surface area contributed by atoms with Gasteiger partial charge in [-0.2, -0.15) is 0 Å². The molecule has 1 saturated carbocycles. The van der Waals surface area contributed by atoms with Crippen molar-refractivity contribution in [1.82, 2.24) is 5.32 Å². The van der Waals surface area contributed by atoms with Gasteiger partial charge in [-0.25, -0.2) is 0 Å². The summed E-state index contributed by atoms with van der Waals surface area (Å²) in [4.78, 5) is 0. The maximum atomic E-state index is 3.58. The van der Waals surface area contributed by atoms with Gasteiger partial charge in [0.15, 0.2) is 0 Å². The lowest BCUT2D eigenvalue weighted by Crippen LogP contribution is -2.38. The summed E-state index contributed by atoms with van der Waals surface area (Å²) in [5.41, 5.74) is 1.47. The molecule has 2 heteroatoms. The maximum Gasteiger partial charge on any atom is 0.0133 e. The van der Waals surface area contributed by atoms with Gasteiger partial charge in [0.25, 0.3) is 0 Å². The average molecular weight is 371 g/mol. The highest BCUT2D eigenvalue weighted by Gasteiger charge is 2.26. The quantitative estimate of drug-likeness (QED) is 0.744. The first kappa shape index (κ1) is 15.3. The van der Waals surface area contributed by atoms with Crippen molar-refractivity contribution in [1.29, 1.82) is 0 Å². The zero-order valence-electron chi connectivity index (χ0n) is 12.2. The summed E-state index contributed by atoms with van der Waals surface area (Å²) >= 11 is 2.37. The highest BCUT2D eigenvalue weighted by atomic mass is 127. The van der Waals surface area contributed by atoms with Crippen LogP contribution in [0.2, 0.25) is 0 Å². The summed E-state index contributed by atoms with van der Waals surface area (Å²) in [6.45, 7) is 2.35. The predicted molar refractivity (Wildman–Crippen MR) is 91.4 cm³/mol. The molecule has 1 aliphatic rings. The molecule has 1 aromatic rings. The van der Waals surface area contributed by atoms with Gasteiger partial charge in [0.05, 0.1) is 0 Å². The van der Waals surface area contributed by atoms with Gasteiger partial charge >= 0.3 is 0 Å². The normalized spacial score (nSPS) is 25.2. The van der Waals surface area contributed by atoms with Crippen LogP contribution in [-0.4, -0.2) is 13.1 Å². The minimum Gasteiger partial charge on any atom is -0.316 e. The van der Waals surface area contributed by atoms with Gasteiger partial charge in [-0.3, -0.25) is 0 Å². The van der Waals surface area contributed by atoms with Crippen LogP contribution in [0.4, 0.5) is 0 Å². The molecule has 1 nitrogen and oxygen atoms in total. The van der Waals surface area contributed by atoms with Crippen molar-refractivity contribution in [2.24, 2.45) is 11.8 Å². The molecule has 1 N–H and O–H groups in total. The Morgan fingerprint density at radius 2 is 2.00 bits per heavy atom. The molecular formula is C17H26IN. The molecule has 0 spiro atoms.